The van der Waals surface area contributed by atoms with Crippen molar-refractivity contribution in [1.29, 1.82) is 0 Å². The van der Waals surface area contributed by atoms with Crippen molar-refractivity contribution in [2.45, 2.75) is 162 Å². The Hall–Kier alpha value is -0.550. The average Bonchev–Trinajstić information content (AvgIpc) is 3.28. The van der Waals surface area contributed by atoms with Gasteiger partial charge in [0.2, 0.25) is 6.35 Å². The average molecular weight is 559 g/mol. The van der Waals surface area contributed by atoms with Crippen molar-refractivity contribution >= 4 is 7.82 Å². The zero-order chi connectivity index (χ0) is 27.7. The van der Waals surface area contributed by atoms with E-state index in [4.69, 9.17) is 13.6 Å². The standard InChI is InChI=1S/C31H63N2O4P/c1-5-9-13-14-15-16-17-18-19-20-21-22-23-24-26-33-28-27-32(25-10-6-2)31(33)37-38(34,35-29-11-7-3)36-30-12-8-4/h27-28,31H,5-26,29-30H2,1-4H3. The summed E-state index contributed by atoms with van der Waals surface area (Å²) in [5.74, 6) is 0. The lowest BCUT2D eigenvalue weighted by Gasteiger charge is -2.34. The van der Waals surface area contributed by atoms with Crippen molar-refractivity contribution in [3.63, 3.8) is 0 Å². The minimum atomic E-state index is -3.63. The topological polar surface area (TPSA) is 51.2 Å². The molecule has 0 bridgehead atoms. The maximum absolute atomic E-state index is 13.5. The van der Waals surface area contributed by atoms with Gasteiger partial charge in [-0.3, -0.25) is 9.05 Å². The minimum absolute atomic E-state index is 0.397. The molecule has 0 aromatic heterocycles. The summed E-state index contributed by atoms with van der Waals surface area (Å²) in [5.41, 5.74) is 0. The summed E-state index contributed by atoms with van der Waals surface area (Å²) >= 11 is 0. The first-order chi connectivity index (χ1) is 18.6. The van der Waals surface area contributed by atoms with E-state index in [0.29, 0.717) is 13.2 Å². The lowest BCUT2D eigenvalue weighted by atomic mass is 10.0. The van der Waals surface area contributed by atoms with Crippen LogP contribution in [0.4, 0.5) is 0 Å². The second-order valence-corrected chi connectivity index (χ2v) is 12.6. The van der Waals surface area contributed by atoms with E-state index in [0.717, 1.165) is 58.0 Å². The highest BCUT2D eigenvalue weighted by Gasteiger charge is 2.37. The molecule has 7 heteroatoms. The number of hydrogen-bond donors (Lipinski definition) is 0. The Morgan fingerprint density at radius 1 is 0.526 bits per heavy atom. The van der Waals surface area contributed by atoms with Crippen LogP contribution < -0.4 is 0 Å². The largest absolute Gasteiger partial charge is 0.478 e. The second kappa shape index (κ2) is 24.3. The van der Waals surface area contributed by atoms with E-state index in [2.05, 4.69) is 49.9 Å². The van der Waals surface area contributed by atoms with E-state index in [1.54, 1.807) is 0 Å². The van der Waals surface area contributed by atoms with Gasteiger partial charge in [0.1, 0.15) is 0 Å². The lowest BCUT2D eigenvalue weighted by Crippen LogP contribution is -2.41. The van der Waals surface area contributed by atoms with Gasteiger partial charge in [0.15, 0.2) is 0 Å². The molecule has 0 radical (unpaired) electrons. The third-order valence-corrected chi connectivity index (χ3v) is 8.72. The van der Waals surface area contributed by atoms with Gasteiger partial charge in [-0.25, -0.2) is 9.09 Å². The van der Waals surface area contributed by atoms with Crippen molar-refractivity contribution < 1.29 is 18.1 Å². The fraction of sp³-hybridized carbons (Fsp3) is 0.935. The lowest BCUT2D eigenvalue weighted by molar-refractivity contribution is -0.0558. The van der Waals surface area contributed by atoms with Crippen LogP contribution in [0.2, 0.25) is 0 Å². The number of phosphoric ester groups is 1. The summed E-state index contributed by atoms with van der Waals surface area (Å²) in [5, 5.41) is 0. The zero-order valence-electron chi connectivity index (χ0n) is 25.7. The van der Waals surface area contributed by atoms with Gasteiger partial charge in [-0.1, -0.05) is 130 Å². The number of nitrogens with zero attached hydrogens (tertiary/aromatic N) is 2. The fourth-order valence-electron chi connectivity index (χ4n) is 4.68. The Labute approximate surface area is 236 Å². The molecule has 0 saturated carbocycles. The normalized spacial score (nSPS) is 15.7. The Morgan fingerprint density at radius 3 is 1.32 bits per heavy atom. The third-order valence-electron chi connectivity index (χ3n) is 7.27. The van der Waals surface area contributed by atoms with Crippen LogP contribution in [0.5, 0.6) is 0 Å². The van der Waals surface area contributed by atoms with Gasteiger partial charge in [-0.15, -0.1) is 0 Å². The molecule has 0 amide bonds. The number of rotatable bonds is 28. The molecule has 6 nitrogen and oxygen atoms in total. The van der Waals surface area contributed by atoms with Crippen LogP contribution in [-0.2, 0) is 18.1 Å². The first-order valence-electron chi connectivity index (χ1n) is 16.4. The monoisotopic (exact) mass is 558 g/mol. The van der Waals surface area contributed by atoms with Gasteiger partial charge in [-0.2, -0.15) is 0 Å². The van der Waals surface area contributed by atoms with Crippen LogP contribution in [0.25, 0.3) is 0 Å². The molecule has 0 N–H and O–H groups in total. The molecule has 226 valence electrons. The van der Waals surface area contributed by atoms with E-state index in [-0.39, 0.29) is 0 Å². The fourth-order valence-corrected chi connectivity index (χ4v) is 6.06. The summed E-state index contributed by atoms with van der Waals surface area (Å²) in [6, 6.07) is 0. The van der Waals surface area contributed by atoms with Crippen LogP contribution in [-0.4, -0.2) is 42.5 Å². The van der Waals surface area contributed by atoms with Gasteiger partial charge < -0.3 is 9.80 Å². The Kier molecular flexibility index (Phi) is 22.7. The molecule has 1 heterocycles. The van der Waals surface area contributed by atoms with Gasteiger partial charge >= 0.3 is 7.82 Å². The summed E-state index contributed by atoms with van der Waals surface area (Å²) in [4.78, 5) is 4.32. The van der Waals surface area contributed by atoms with E-state index in [9.17, 15) is 4.57 Å². The van der Waals surface area contributed by atoms with Crippen molar-refractivity contribution in [1.82, 2.24) is 9.80 Å². The molecule has 0 aromatic rings. The molecule has 1 aliphatic rings. The van der Waals surface area contributed by atoms with Gasteiger partial charge in [0.05, 0.1) is 13.2 Å². The molecular weight excluding hydrogens is 495 g/mol. The Balaban J connectivity index is 2.38. The van der Waals surface area contributed by atoms with Gasteiger partial charge in [0, 0.05) is 25.5 Å². The number of hydrogen-bond acceptors (Lipinski definition) is 6. The van der Waals surface area contributed by atoms with Crippen LogP contribution in [0, 0.1) is 0 Å². The highest BCUT2D eigenvalue weighted by molar-refractivity contribution is 7.48. The molecule has 0 fully saturated rings. The van der Waals surface area contributed by atoms with Crippen molar-refractivity contribution in [2.75, 3.05) is 26.3 Å². The highest BCUT2D eigenvalue weighted by atomic mass is 31.2. The maximum Gasteiger partial charge on any atom is 0.478 e. The van der Waals surface area contributed by atoms with Gasteiger partial charge in [-0.05, 0) is 25.7 Å². The minimum Gasteiger partial charge on any atom is -0.334 e. The molecule has 1 rings (SSSR count). The van der Waals surface area contributed by atoms with E-state index in [1.165, 1.54) is 83.5 Å². The number of unbranched alkanes of at least 4 members (excludes halogenated alkanes) is 16. The number of phosphoric acid groups is 1. The van der Waals surface area contributed by atoms with Crippen LogP contribution >= 0.6 is 7.82 Å². The summed E-state index contributed by atoms with van der Waals surface area (Å²) in [7, 11) is -3.63. The molecule has 1 unspecified atom stereocenters. The highest BCUT2D eigenvalue weighted by Crippen LogP contribution is 2.52. The van der Waals surface area contributed by atoms with Crippen molar-refractivity contribution in [2.24, 2.45) is 0 Å². The molecular formula is C31H63N2O4P. The Morgan fingerprint density at radius 2 is 0.895 bits per heavy atom. The molecule has 0 aliphatic carbocycles. The summed E-state index contributed by atoms with van der Waals surface area (Å²) in [6.45, 7) is 11.2. The smallest absolute Gasteiger partial charge is 0.334 e. The van der Waals surface area contributed by atoms with E-state index in [1.807, 2.05) is 0 Å². The maximum atomic E-state index is 13.5. The zero-order valence-corrected chi connectivity index (χ0v) is 26.6. The van der Waals surface area contributed by atoms with E-state index < -0.39 is 14.2 Å². The SMILES string of the molecule is CCCCCCCCCCCCCCCCN1C=CN(CCCC)C1OP(=O)(OCCCC)OCCCC. The van der Waals surface area contributed by atoms with Crippen LogP contribution in [0.3, 0.4) is 0 Å². The predicted molar refractivity (Wildman–Crippen MR) is 162 cm³/mol. The molecule has 0 saturated heterocycles. The summed E-state index contributed by atoms with van der Waals surface area (Å²) < 4.78 is 31.2. The molecule has 0 aromatic carbocycles. The summed E-state index contributed by atoms with van der Waals surface area (Å²) in [6.07, 6.45) is 28.5. The van der Waals surface area contributed by atoms with E-state index >= 15 is 0 Å². The van der Waals surface area contributed by atoms with Crippen LogP contribution in [0.15, 0.2) is 12.4 Å². The third kappa shape index (κ3) is 17.2. The predicted octanol–water partition coefficient (Wildman–Crippen LogP) is 10.4. The molecule has 1 atom stereocenters. The molecule has 38 heavy (non-hydrogen) atoms. The molecule has 0 spiro atoms. The van der Waals surface area contributed by atoms with Crippen LogP contribution in [0.1, 0.15) is 156 Å². The second-order valence-electron chi connectivity index (χ2n) is 11.0. The van der Waals surface area contributed by atoms with Crippen molar-refractivity contribution in [3.05, 3.63) is 12.4 Å². The van der Waals surface area contributed by atoms with Crippen molar-refractivity contribution in [3.8, 4) is 0 Å². The first-order valence-corrected chi connectivity index (χ1v) is 17.8. The van der Waals surface area contributed by atoms with Gasteiger partial charge in [0.25, 0.3) is 0 Å². The Bertz CT molecular complexity index is 590. The quantitative estimate of drug-likeness (QED) is 0.0703. The molecule has 1 aliphatic heterocycles. The first kappa shape index (κ1) is 35.5.